The Morgan fingerprint density at radius 1 is 1.37 bits per heavy atom. The minimum atomic E-state index is 0.576. The lowest BCUT2D eigenvalue weighted by atomic mass is 10.2. The van der Waals surface area contributed by atoms with Gasteiger partial charge in [0, 0.05) is 37.0 Å². The van der Waals surface area contributed by atoms with Crippen molar-refractivity contribution in [2.75, 3.05) is 18.1 Å². The summed E-state index contributed by atoms with van der Waals surface area (Å²) in [6.45, 7) is 2.03. The molecule has 1 aliphatic heterocycles. The molecule has 0 saturated carbocycles. The van der Waals surface area contributed by atoms with E-state index in [0.29, 0.717) is 5.37 Å². The molecule has 1 aliphatic rings. The molecule has 1 fully saturated rings. The van der Waals surface area contributed by atoms with Gasteiger partial charge in [0.1, 0.15) is 0 Å². The van der Waals surface area contributed by atoms with Crippen LogP contribution >= 0.6 is 23.5 Å². The highest BCUT2D eigenvalue weighted by atomic mass is 32.2. The van der Waals surface area contributed by atoms with E-state index in [1.54, 1.807) is 0 Å². The fourth-order valence-electron chi connectivity index (χ4n) is 2.07. The first-order valence-corrected chi connectivity index (χ1v) is 8.48. The molecule has 2 aromatic rings. The van der Waals surface area contributed by atoms with Gasteiger partial charge in [-0.3, -0.25) is 0 Å². The maximum absolute atomic E-state index is 4.46. The van der Waals surface area contributed by atoms with Crippen molar-refractivity contribution in [3.63, 3.8) is 0 Å². The molecule has 0 aliphatic carbocycles. The molecule has 2 heterocycles. The summed E-state index contributed by atoms with van der Waals surface area (Å²) in [5, 5.41) is 5.18. The quantitative estimate of drug-likeness (QED) is 0.858. The molecule has 0 spiro atoms. The predicted octanol–water partition coefficient (Wildman–Crippen LogP) is 2.69. The molecule has 3 nitrogen and oxygen atoms in total. The minimum Gasteiger partial charge on any atom is -0.322 e. The van der Waals surface area contributed by atoms with Crippen LogP contribution in [0.3, 0.4) is 0 Å². The largest absolute Gasteiger partial charge is 0.322 e. The number of imidazole rings is 1. The lowest BCUT2D eigenvalue weighted by Gasteiger charge is -2.10. The summed E-state index contributed by atoms with van der Waals surface area (Å²) in [7, 11) is 0. The van der Waals surface area contributed by atoms with E-state index in [0.717, 1.165) is 24.0 Å². The van der Waals surface area contributed by atoms with E-state index >= 15 is 0 Å². The van der Waals surface area contributed by atoms with Crippen molar-refractivity contribution in [2.24, 2.45) is 0 Å². The number of benzene rings is 1. The van der Waals surface area contributed by atoms with Gasteiger partial charge in [0.2, 0.25) is 0 Å². The van der Waals surface area contributed by atoms with Crippen LogP contribution in [0, 0.1) is 0 Å². The van der Waals surface area contributed by atoms with Gasteiger partial charge < -0.3 is 9.88 Å². The summed E-state index contributed by atoms with van der Waals surface area (Å²) in [5.41, 5.74) is 1.32. The SMILES string of the molecule is c1ccc(Cn2ccnc2SCC2NCCS2)cc1. The zero-order valence-electron chi connectivity index (χ0n) is 10.7. The van der Waals surface area contributed by atoms with Crippen LogP contribution in [0.1, 0.15) is 5.56 Å². The first-order valence-electron chi connectivity index (χ1n) is 6.45. The number of nitrogens with zero attached hydrogens (tertiary/aromatic N) is 2. The minimum absolute atomic E-state index is 0.576. The second-order valence-corrected chi connectivity index (χ2v) is 6.75. The third-order valence-electron chi connectivity index (χ3n) is 3.03. The molecule has 1 saturated heterocycles. The average molecular weight is 291 g/mol. The molecule has 1 aromatic carbocycles. The number of hydrogen-bond donors (Lipinski definition) is 1. The van der Waals surface area contributed by atoms with Gasteiger partial charge in [-0.25, -0.2) is 4.98 Å². The van der Waals surface area contributed by atoms with Gasteiger partial charge in [0.05, 0.1) is 5.37 Å². The zero-order valence-corrected chi connectivity index (χ0v) is 12.3. The maximum atomic E-state index is 4.46. The Labute approximate surface area is 122 Å². The average Bonchev–Trinajstić information content (AvgIpc) is 3.09. The van der Waals surface area contributed by atoms with Gasteiger partial charge in [0.25, 0.3) is 0 Å². The summed E-state index contributed by atoms with van der Waals surface area (Å²) >= 11 is 3.84. The van der Waals surface area contributed by atoms with Crippen LogP contribution in [-0.4, -0.2) is 33.0 Å². The molecule has 1 atom stereocenters. The molecule has 0 bridgehead atoms. The highest BCUT2D eigenvalue weighted by Crippen LogP contribution is 2.23. The molecule has 100 valence electrons. The van der Waals surface area contributed by atoms with Crippen molar-refractivity contribution in [1.29, 1.82) is 0 Å². The van der Waals surface area contributed by atoms with E-state index in [1.807, 2.05) is 29.7 Å². The molecule has 0 amide bonds. The van der Waals surface area contributed by atoms with Gasteiger partial charge in [-0.05, 0) is 5.56 Å². The maximum Gasteiger partial charge on any atom is 0.168 e. The number of rotatable bonds is 5. The Hall–Kier alpha value is -0.910. The van der Waals surface area contributed by atoms with E-state index in [2.05, 4.69) is 51.4 Å². The number of thioether (sulfide) groups is 2. The molecule has 1 unspecified atom stereocenters. The monoisotopic (exact) mass is 291 g/mol. The molecule has 19 heavy (non-hydrogen) atoms. The van der Waals surface area contributed by atoms with Crippen molar-refractivity contribution in [3.05, 3.63) is 48.3 Å². The second kappa shape index (κ2) is 6.50. The van der Waals surface area contributed by atoms with Gasteiger partial charge in [-0.15, -0.1) is 11.8 Å². The summed E-state index contributed by atoms with van der Waals surface area (Å²) in [6, 6.07) is 10.5. The van der Waals surface area contributed by atoms with Gasteiger partial charge >= 0.3 is 0 Å². The van der Waals surface area contributed by atoms with Crippen molar-refractivity contribution < 1.29 is 0 Å². The second-order valence-electron chi connectivity index (χ2n) is 4.45. The highest BCUT2D eigenvalue weighted by Gasteiger charge is 2.15. The van der Waals surface area contributed by atoms with Crippen LogP contribution in [0.15, 0.2) is 47.9 Å². The Morgan fingerprint density at radius 3 is 3.05 bits per heavy atom. The summed E-state index contributed by atoms with van der Waals surface area (Å²) in [6.07, 6.45) is 3.95. The standard InChI is InChI=1S/C14H17N3S2/c1-2-4-12(5-3-1)10-17-8-6-16-14(17)19-11-13-15-7-9-18-13/h1-6,8,13,15H,7,9-11H2. The van der Waals surface area contributed by atoms with Crippen molar-refractivity contribution in [1.82, 2.24) is 14.9 Å². The van der Waals surface area contributed by atoms with Crippen LogP contribution in [0.4, 0.5) is 0 Å². The zero-order chi connectivity index (χ0) is 12.9. The van der Waals surface area contributed by atoms with Gasteiger partial charge in [-0.2, -0.15) is 0 Å². The van der Waals surface area contributed by atoms with Crippen molar-refractivity contribution in [2.45, 2.75) is 17.1 Å². The highest BCUT2D eigenvalue weighted by molar-refractivity contribution is 8.03. The van der Waals surface area contributed by atoms with Crippen LogP contribution in [0.5, 0.6) is 0 Å². The van der Waals surface area contributed by atoms with Crippen molar-refractivity contribution in [3.8, 4) is 0 Å². The first kappa shape index (κ1) is 13.1. The smallest absolute Gasteiger partial charge is 0.168 e. The molecule has 3 rings (SSSR count). The van der Waals surface area contributed by atoms with E-state index in [1.165, 1.54) is 11.3 Å². The van der Waals surface area contributed by atoms with Crippen LogP contribution in [0.25, 0.3) is 0 Å². The first-order chi connectivity index (χ1) is 9.42. The molecule has 1 N–H and O–H groups in total. The number of nitrogens with one attached hydrogen (secondary N) is 1. The van der Waals surface area contributed by atoms with E-state index < -0.39 is 0 Å². The fourth-order valence-corrected chi connectivity index (χ4v) is 4.26. The van der Waals surface area contributed by atoms with Crippen LogP contribution in [0.2, 0.25) is 0 Å². The molecule has 0 radical (unpaired) electrons. The van der Waals surface area contributed by atoms with E-state index in [9.17, 15) is 0 Å². The van der Waals surface area contributed by atoms with Crippen molar-refractivity contribution >= 4 is 23.5 Å². The topological polar surface area (TPSA) is 29.9 Å². The van der Waals surface area contributed by atoms with Crippen LogP contribution in [-0.2, 0) is 6.54 Å². The van der Waals surface area contributed by atoms with Gasteiger partial charge in [-0.1, -0.05) is 42.1 Å². The summed E-state index contributed by atoms with van der Waals surface area (Å²) < 4.78 is 2.22. The third-order valence-corrected chi connectivity index (χ3v) is 5.51. The van der Waals surface area contributed by atoms with Crippen LogP contribution < -0.4 is 5.32 Å². The Kier molecular flexibility index (Phi) is 4.48. The molecular weight excluding hydrogens is 274 g/mol. The fraction of sp³-hybridized carbons (Fsp3) is 0.357. The normalized spacial score (nSPS) is 18.8. The summed E-state index contributed by atoms with van der Waals surface area (Å²) in [5.74, 6) is 2.31. The third kappa shape index (κ3) is 3.55. The lowest BCUT2D eigenvalue weighted by molar-refractivity contribution is 0.705. The number of hydrogen-bond acceptors (Lipinski definition) is 4. The molecular formula is C14H17N3S2. The number of aromatic nitrogens is 2. The van der Waals surface area contributed by atoms with Gasteiger partial charge in [0.15, 0.2) is 5.16 Å². The lowest BCUT2D eigenvalue weighted by Crippen LogP contribution is -2.21. The summed E-state index contributed by atoms with van der Waals surface area (Å²) in [4.78, 5) is 4.46. The molecule has 5 heteroatoms. The Morgan fingerprint density at radius 2 is 2.26 bits per heavy atom. The Bertz CT molecular complexity index is 506. The molecule has 1 aromatic heterocycles. The predicted molar refractivity (Wildman–Crippen MR) is 82.7 cm³/mol. The van der Waals surface area contributed by atoms with E-state index in [4.69, 9.17) is 0 Å². The Balaban J connectivity index is 1.61. The van der Waals surface area contributed by atoms with E-state index in [-0.39, 0.29) is 0 Å².